The van der Waals surface area contributed by atoms with Gasteiger partial charge in [-0.25, -0.2) is 0 Å². The van der Waals surface area contributed by atoms with Gasteiger partial charge in [-0.1, -0.05) is 66.7 Å². The average Bonchev–Trinajstić information content (AvgIpc) is 2.50. The highest BCUT2D eigenvalue weighted by Crippen LogP contribution is 2.28. The Kier molecular flexibility index (Phi) is 5.54. The van der Waals surface area contributed by atoms with Crippen LogP contribution in [0.5, 0.6) is 0 Å². The van der Waals surface area contributed by atoms with Crippen LogP contribution < -0.4 is 0 Å². The highest BCUT2D eigenvalue weighted by atomic mass is 16.5. The van der Waals surface area contributed by atoms with Gasteiger partial charge >= 0.3 is 0 Å². The number of hydrogen-bond acceptors (Lipinski definition) is 2. The van der Waals surface area contributed by atoms with E-state index >= 15 is 0 Å². The number of ether oxygens (including phenoxy) is 1. The van der Waals surface area contributed by atoms with Crippen LogP contribution in [0.2, 0.25) is 0 Å². The van der Waals surface area contributed by atoms with Crippen molar-refractivity contribution in [3.8, 4) is 0 Å². The van der Waals surface area contributed by atoms with E-state index in [4.69, 9.17) is 4.74 Å². The highest BCUT2D eigenvalue weighted by molar-refractivity contribution is 5.33. The molecule has 0 amide bonds. The highest BCUT2D eigenvalue weighted by Gasteiger charge is 2.22. The summed E-state index contributed by atoms with van der Waals surface area (Å²) < 4.78 is 5.40. The van der Waals surface area contributed by atoms with Crippen LogP contribution >= 0.6 is 0 Å². The first-order valence-corrected chi connectivity index (χ1v) is 6.79. The van der Waals surface area contributed by atoms with E-state index in [-0.39, 0.29) is 5.92 Å². The molecule has 1 N–H and O–H groups in total. The van der Waals surface area contributed by atoms with Crippen LogP contribution in [0.4, 0.5) is 0 Å². The molecule has 2 heteroatoms. The predicted octanol–water partition coefficient (Wildman–Crippen LogP) is 3.38. The molecule has 0 fully saturated rings. The first-order chi connectivity index (χ1) is 9.83. The van der Waals surface area contributed by atoms with Crippen molar-refractivity contribution in [2.75, 3.05) is 13.2 Å². The van der Waals surface area contributed by atoms with E-state index in [0.29, 0.717) is 13.2 Å². The first-order valence-electron chi connectivity index (χ1n) is 6.79. The molecule has 2 nitrogen and oxygen atoms in total. The summed E-state index contributed by atoms with van der Waals surface area (Å²) in [7, 11) is 0. The fourth-order valence-electron chi connectivity index (χ4n) is 2.33. The van der Waals surface area contributed by atoms with Gasteiger partial charge < -0.3 is 9.84 Å². The average molecular weight is 268 g/mol. The molecular formula is C18H20O2. The van der Waals surface area contributed by atoms with Gasteiger partial charge in [0, 0.05) is 5.92 Å². The van der Waals surface area contributed by atoms with Crippen molar-refractivity contribution >= 4 is 0 Å². The second-order valence-electron chi connectivity index (χ2n) is 4.69. The lowest BCUT2D eigenvalue weighted by Gasteiger charge is -2.23. The molecule has 2 aromatic rings. The van der Waals surface area contributed by atoms with Crippen molar-refractivity contribution in [1.29, 1.82) is 0 Å². The van der Waals surface area contributed by atoms with E-state index < -0.39 is 6.10 Å². The maximum Gasteiger partial charge on any atom is 0.0882 e. The smallest absolute Gasteiger partial charge is 0.0882 e. The Balaban J connectivity index is 2.23. The van der Waals surface area contributed by atoms with Crippen LogP contribution in [-0.2, 0) is 4.74 Å². The zero-order valence-electron chi connectivity index (χ0n) is 11.5. The van der Waals surface area contributed by atoms with Gasteiger partial charge in [-0.05, 0) is 11.1 Å². The van der Waals surface area contributed by atoms with Crippen molar-refractivity contribution in [1.82, 2.24) is 0 Å². The van der Waals surface area contributed by atoms with Gasteiger partial charge in [0.1, 0.15) is 0 Å². The molecule has 1 atom stereocenters. The van der Waals surface area contributed by atoms with E-state index in [9.17, 15) is 5.11 Å². The molecule has 0 aliphatic carbocycles. The fourth-order valence-corrected chi connectivity index (χ4v) is 2.33. The van der Waals surface area contributed by atoms with Crippen molar-refractivity contribution in [3.63, 3.8) is 0 Å². The second kappa shape index (κ2) is 7.63. The maximum absolute atomic E-state index is 10.5. The number of benzene rings is 2. The summed E-state index contributed by atoms with van der Waals surface area (Å²) in [5, 5.41) is 10.5. The molecule has 0 unspecified atom stereocenters. The zero-order valence-corrected chi connectivity index (χ0v) is 11.5. The minimum atomic E-state index is -0.584. The van der Waals surface area contributed by atoms with E-state index in [0.717, 1.165) is 11.1 Å². The molecule has 20 heavy (non-hydrogen) atoms. The largest absolute Gasteiger partial charge is 0.390 e. The lowest BCUT2D eigenvalue weighted by Crippen LogP contribution is -2.25. The van der Waals surface area contributed by atoms with Gasteiger partial charge in [-0.15, -0.1) is 6.58 Å². The Hall–Kier alpha value is -1.90. The lowest BCUT2D eigenvalue weighted by atomic mass is 9.87. The van der Waals surface area contributed by atoms with Gasteiger partial charge in [0.05, 0.1) is 19.3 Å². The monoisotopic (exact) mass is 268 g/mol. The summed E-state index contributed by atoms with van der Waals surface area (Å²) in [6.07, 6.45) is 1.10. The molecule has 2 aromatic carbocycles. The summed E-state index contributed by atoms with van der Waals surface area (Å²) in [5.41, 5.74) is 2.18. The summed E-state index contributed by atoms with van der Waals surface area (Å²) in [6, 6.07) is 20.1. The molecule has 104 valence electrons. The number of rotatable bonds is 7. The summed E-state index contributed by atoms with van der Waals surface area (Å²) in [5.74, 6) is -0.0813. The summed E-state index contributed by atoms with van der Waals surface area (Å²) >= 11 is 0. The number of aliphatic hydroxyl groups is 1. The number of hydrogen-bond donors (Lipinski definition) is 1. The minimum Gasteiger partial charge on any atom is -0.390 e. The van der Waals surface area contributed by atoms with Crippen LogP contribution in [0.1, 0.15) is 17.0 Å². The molecule has 0 aliphatic rings. The molecule has 0 spiro atoms. The zero-order chi connectivity index (χ0) is 14.2. The van der Waals surface area contributed by atoms with E-state index in [1.54, 1.807) is 6.08 Å². The molecule has 2 rings (SSSR count). The minimum absolute atomic E-state index is 0.0813. The molecule has 0 aromatic heterocycles. The van der Waals surface area contributed by atoms with Gasteiger partial charge in [-0.2, -0.15) is 0 Å². The second-order valence-corrected chi connectivity index (χ2v) is 4.69. The molecule has 0 radical (unpaired) electrons. The quantitative estimate of drug-likeness (QED) is 0.616. The van der Waals surface area contributed by atoms with Crippen LogP contribution in [0.3, 0.4) is 0 Å². The van der Waals surface area contributed by atoms with Crippen molar-refractivity contribution in [2.24, 2.45) is 0 Å². The first kappa shape index (κ1) is 14.5. The predicted molar refractivity (Wildman–Crippen MR) is 81.7 cm³/mol. The lowest BCUT2D eigenvalue weighted by molar-refractivity contribution is 0.0402. The molecule has 0 saturated carbocycles. The summed E-state index contributed by atoms with van der Waals surface area (Å²) in [4.78, 5) is 0. The Morgan fingerprint density at radius 1 is 0.950 bits per heavy atom. The van der Waals surface area contributed by atoms with Crippen LogP contribution in [-0.4, -0.2) is 24.4 Å². The molecule has 0 saturated heterocycles. The standard InChI is InChI=1S/C18H20O2/c1-2-13-20-14-17(19)18(15-9-5-3-6-10-15)16-11-7-4-8-12-16/h2-12,17-19H,1,13-14H2/t17-/m0/s1. The van der Waals surface area contributed by atoms with Crippen molar-refractivity contribution < 1.29 is 9.84 Å². The Labute approximate surface area is 120 Å². The van der Waals surface area contributed by atoms with Gasteiger partial charge in [0.2, 0.25) is 0 Å². The Morgan fingerprint density at radius 2 is 1.45 bits per heavy atom. The van der Waals surface area contributed by atoms with Gasteiger partial charge in [-0.3, -0.25) is 0 Å². The molecule has 0 heterocycles. The Morgan fingerprint density at radius 3 is 1.90 bits per heavy atom. The SMILES string of the molecule is C=CCOC[C@H](O)C(c1ccccc1)c1ccccc1. The van der Waals surface area contributed by atoms with E-state index in [1.807, 2.05) is 60.7 Å². The van der Waals surface area contributed by atoms with E-state index in [1.165, 1.54) is 0 Å². The van der Waals surface area contributed by atoms with E-state index in [2.05, 4.69) is 6.58 Å². The molecule has 0 aliphatic heterocycles. The van der Waals surface area contributed by atoms with Crippen LogP contribution in [0.15, 0.2) is 73.3 Å². The third-order valence-electron chi connectivity index (χ3n) is 3.23. The summed E-state index contributed by atoms with van der Waals surface area (Å²) in [6.45, 7) is 4.36. The topological polar surface area (TPSA) is 29.5 Å². The van der Waals surface area contributed by atoms with Crippen LogP contribution in [0, 0.1) is 0 Å². The van der Waals surface area contributed by atoms with Gasteiger partial charge in [0.15, 0.2) is 0 Å². The van der Waals surface area contributed by atoms with Crippen LogP contribution in [0.25, 0.3) is 0 Å². The molecular weight excluding hydrogens is 248 g/mol. The van der Waals surface area contributed by atoms with Gasteiger partial charge in [0.25, 0.3) is 0 Å². The fraction of sp³-hybridized carbons (Fsp3) is 0.222. The normalized spacial score (nSPS) is 12.3. The van der Waals surface area contributed by atoms with Crippen molar-refractivity contribution in [3.05, 3.63) is 84.4 Å². The third-order valence-corrected chi connectivity index (χ3v) is 3.23. The third kappa shape index (κ3) is 3.80. The molecule has 0 bridgehead atoms. The number of aliphatic hydroxyl groups excluding tert-OH is 1. The van der Waals surface area contributed by atoms with Crippen molar-refractivity contribution in [2.45, 2.75) is 12.0 Å². The maximum atomic E-state index is 10.5. The Bertz CT molecular complexity index is 468.